The second kappa shape index (κ2) is 12.3. The lowest BCUT2D eigenvalue weighted by molar-refractivity contribution is 0.302. The topological polar surface area (TPSA) is 25.8 Å². The lowest BCUT2D eigenvalue weighted by Crippen LogP contribution is -2.13. The number of aromatic nitrogens is 2. The summed E-state index contributed by atoms with van der Waals surface area (Å²) in [6, 6.07) is 9.00. The predicted octanol–water partition coefficient (Wildman–Crippen LogP) is 8.60. The van der Waals surface area contributed by atoms with Crippen molar-refractivity contribution >= 4 is 11.6 Å². The van der Waals surface area contributed by atoms with Crippen molar-refractivity contribution in [2.75, 3.05) is 0 Å². The van der Waals surface area contributed by atoms with Gasteiger partial charge in [-0.25, -0.2) is 9.97 Å². The van der Waals surface area contributed by atoms with E-state index >= 15 is 0 Å². The number of benzene rings is 1. The minimum absolute atomic E-state index is 0.300. The molecule has 158 valence electrons. The molecule has 0 radical (unpaired) electrons. The van der Waals surface area contributed by atoms with Crippen molar-refractivity contribution in [2.45, 2.75) is 96.3 Å². The minimum Gasteiger partial charge on any atom is -0.226 e. The Balaban J connectivity index is 1.34. The van der Waals surface area contributed by atoms with Crippen molar-refractivity contribution in [3.63, 3.8) is 0 Å². The van der Waals surface area contributed by atoms with Crippen molar-refractivity contribution in [1.29, 1.82) is 0 Å². The van der Waals surface area contributed by atoms with Gasteiger partial charge < -0.3 is 0 Å². The molecule has 3 heteroatoms. The highest BCUT2D eigenvalue weighted by Crippen LogP contribution is 2.38. The Bertz CT molecular complexity index is 688. The molecule has 0 N–H and O–H groups in total. The van der Waals surface area contributed by atoms with Crippen molar-refractivity contribution in [3.05, 3.63) is 47.5 Å². The standard InChI is InChI=1S/C26H37ClN2/c1-2-3-4-5-6-7-8-9-10-21-11-13-22(14-12-21)23-15-17-24(18-16-23)25-19-28-26(27)29-20-25/h15-22H,2-14H2,1H3/t21-,22-. The molecule has 0 bridgehead atoms. The first-order valence-electron chi connectivity index (χ1n) is 11.8. The molecule has 2 aromatic rings. The van der Waals surface area contributed by atoms with Gasteiger partial charge in [-0.15, -0.1) is 0 Å². The van der Waals surface area contributed by atoms with Gasteiger partial charge in [0.15, 0.2) is 0 Å². The van der Waals surface area contributed by atoms with E-state index in [0.717, 1.165) is 23.0 Å². The number of halogens is 1. The molecule has 1 aliphatic rings. The van der Waals surface area contributed by atoms with E-state index in [1.165, 1.54) is 89.0 Å². The van der Waals surface area contributed by atoms with Gasteiger partial charge in [-0.05, 0) is 60.2 Å². The van der Waals surface area contributed by atoms with Crippen LogP contribution in [0.4, 0.5) is 0 Å². The molecule has 1 aromatic heterocycles. The van der Waals surface area contributed by atoms with Gasteiger partial charge in [0.2, 0.25) is 5.28 Å². The molecule has 0 amide bonds. The average molecular weight is 413 g/mol. The van der Waals surface area contributed by atoms with Crippen molar-refractivity contribution < 1.29 is 0 Å². The maximum Gasteiger partial charge on any atom is 0.222 e. The van der Waals surface area contributed by atoms with Gasteiger partial charge >= 0.3 is 0 Å². The highest BCUT2D eigenvalue weighted by molar-refractivity contribution is 6.28. The summed E-state index contributed by atoms with van der Waals surface area (Å²) in [5, 5.41) is 0.300. The lowest BCUT2D eigenvalue weighted by Gasteiger charge is -2.29. The van der Waals surface area contributed by atoms with Crippen molar-refractivity contribution in [2.24, 2.45) is 5.92 Å². The van der Waals surface area contributed by atoms with E-state index in [9.17, 15) is 0 Å². The van der Waals surface area contributed by atoms with Gasteiger partial charge in [0.05, 0.1) is 0 Å². The Morgan fingerprint density at radius 3 is 1.97 bits per heavy atom. The third-order valence-electron chi connectivity index (χ3n) is 6.65. The zero-order chi connectivity index (χ0) is 20.3. The van der Waals surface area contributed by atoms with Gasteiger partial charge in [-0.1, -0.05) is 89.0 Å². The van der Waals surface area contributed by atoms with E-state index in [2.05, 4.69) is 41.2 Å². The van der Waals surface area contributed by atoms with Crippen LogP contribution < -0.4 is 0 Å². The summed E-state index contributed by atoms with van der Waals surface area (Å²) in [5.74, 6) is 1.71. The summed E-state index contributed by atoms with van der Waals surface area (Å²) < 4.78 is 0. The molecular weight excluding hydrogens is 376 g/mol. The number of hydrogen-bond acceptors (Lipinski definition) is 2. The Morgan fingerprint density at radius 1 is 0.759 bits per heavy atom. The molecule has 0 saturated heterocycles. The van der Waals surface area contributed by atoms with Crippen LogP contribution in [0.25, 0.3) is 11.1 Å². The molecule has 1 saturated carbocycles. The summed E-state index contributed by atoms with van der Waals surface area (Å²) >= 11 is 5.79. The number of rotatable bonds is 11. The quantitative estimate of drug-likeness (QED) is 0.272. The fourth-order valence-corrected chi connectivity index (χ4v) is 4.86. The molecule has 0 aliphatic heterocycles. The fraction of sp³-hybridized carbons (Fsp3) is 0.615. The second-order valence-electron chi connectivity index (χ2n) is 8.84. The maximum absolute atomic E-state index is 5.79. The van der Waals surface area contributed by atoms with E-state index in [1.54, 1.807) is 12.4 Å². The van der Waals surface area contributed by atoms with Gasteiger partial charge in [0.25, 0.3) is 0 Å². The molecule has 29 heavy (non-hydrogen) atoms. The van der Waals surface area contributed by atoms with Crippen LogP contribution in [0.15, 0.2) is 36.7 Å². The molecule has 1 heterocycles. The van der Waals surface area contributed by atoms with E-state index in [4.69, 9.17) is 11.6 Å². The molecule has 1 fully saturated rings. The molecule has 0 spiro atoms. The van der Waals surface area contributed by atoms with Crippen LogP contribution in [0.2, 0.25) is 5.28 Å². The zero-order valence-corrected chi connectivity index (χ0v) is 18.8. The Morgan fingerprint density at radius 2 is 1.34 bits per heavy atom. The SMILES string of the molecule is CCCCCCCCCC[C@H]1CC[C@H](c2ccc(-c3cnc(Cl)nc3)cc2)CC1. The smallest absolute Gasteiger partial charge is 0.222 e. The van der Waals surface area contributed by atoms with E-state index in [-0.39, 0.29) is 0 Å². The highest BCUT2D eigenvalue weighted by Gasteiger charge is 2.22. The van der Waals surface area contributed by atoms with Crippen molar-refractivity contribution in [3.8, 4) is 11.1 Å². The normalized spacial score (nSPS) is 19.4. The highest BCUT2D eigenvalue weighted by atomic mass is 35.5. The lowest BCUT2D eigenvalue weighted by atomic mass is 9.77. The number of nitrogens with zero attached hydrogens (tertiary/aromatic N) is 2. The van der Waals surface area contributed by atoms with Crippen LogP contribution in [0, 0.1) is 5.92 Å². The second-order valence-corrected chi connectivity index (χ2v) is 9.18. The van der Waals surface area contributed by atoms with E-state index < -0.39 is 0 Å². The predicted molar refractivity (Wildman–Crippen MR) is 124 cm³/mol. The van der Waals surface area contributed by atoms with Crippen LogP contribution in [0.5, 0.6) is 0 Å². The van der Waals surface area contributed by atoms with Crippen LogP contribution in [0.1, 0.15) is 102 Å². The molecule has 1 aliphatic carbocycles. The molecule has 0 unspecified atom stereocenters. The van der Waals surface area contributed by atoms with Crippen LogP contribution in [-0.4, -0.2) is 9.97 Å². The van der Waals surface area contributed by atoms with Crippen molar-refractivity contribution in [1.82, 2.24) is 9.97 Å². The molecule has 2 nitrogen and oxygen atoms in total. The molecule has 0 atom stereocenters. The fourth-order valence-electron chi connectivity index (χ4n) is 4.76. The van der Waals surface area contributed by atoms with Crippen LogP contribution in [0.3, 0.4) is 0 Å². The number of unbranched alkanes of at least 4 members (excludes halogenated alkanes) is 7. The summed E-state index contributed by atoms with van der Waals surface area (Å²) in [7, 11) is 0. The Labute approximate surface area is 182 Å². The third kappa shape index (κ3) is 7.41. The monoisotopic (exact) mass is 412 g/mol. The number of hydrogen-bond donors (Lipinski definition) is 0. The molecular formula is C26H37ClN2. The summed E-state index contributed by atoms with van der Waals surface area (Å²) in [5.41, 5.74) is 3.68. The summed E-state index contributed by atoms with van der Waals surface area (Å²) in [6.45, 7) is 2.29. The van der Waals surface area contributed by atoms with E-state index in [0.29, 0.717) is 5.28 Å². The first-order valence-corrected chi connectivity index (χ1v) is 12.2. The average Bonchev–Trinajstić information content (AvgIpc) is 2.77. The third-order valence-corrected chi connectivity index (χ3v) is 6.84. The Hall–Kier alpha value is -1.41. The van der Waals surface area contributed by atoms with Gasteiger partial charge in [-0.2, -0.15) is 0 Å². The zero-order valence-electron chi connectivity index (χ0n) is 18.1. The maximum atomic E-state index is 5.79. The largest absolute Gasteiger partial charge is 0.226 e. The van der Waals surface area contributed by atoms with Gasteiger partial charge in [-0.3, -0.25) is 0 Å². The van der Waals surface area contributed by atoms with Gasteiger partial charge in [0, 0.05) is 18.0 Å². The first-order chi connectivity index (χ1) is 14.3. The summed E-state index contributed by atoms with van der Waals surface area (Å²) in [6.07, 6.45) is 22.0. The Kier molecular flexibility index (Phi) is 9.47. The van der Waals surface area contributed by atoms with E-state index in [1.807, 2.05) is 0 Å². The first kappa shape index (κ1) is 22.3. The van der Waals surface area contributed by atoms with Crippen LogP contribution >= 0.6 is 11.6 Å². The minimum atomic E-state index is 0.300. The van der Waals surface area contributed by atoms with Crippen LogP contribution in [-0.2, 0) is 0 Å². The molecule has 1 aromatic carbocycles. The summed E-state index contributed by atoms with van der Waals surface area (Å²) in [4.78, 5) is 8.17. The van der Waals surface area contributed by atoms with Gasteiger partial charge in [0.1, 0.15) is 0 Å². The molecule has 3 rings (SSSR count).